The first kappa shape index (κ1) is 21.8. The summed E-state index contributed by atoms with van der Waals surface area (Å²) in [6, 6.07) is 15.4. The summed E-state index contributed by atoms with van der Waals surface area (Å²) in [5.41, 5.74) is 4.06. The Morgan fingerprint density at radius 2 is 1.73 bits per heavy atom. The minimum Gasteiger partial charge on any atom is -0.493 e. The predicted octanol–water partition coefficient (Wildman–Crippen LogP) is 4.47. The van der Waals surface area contributed by atoms with Gasteiger partial charge in [0.1, 0.15) is 0 Å². The number of amides is 1. The van der Waals surface area contributed by atoms with Crippen LogP contribution in [-0.4, -0.2) is 24.6 Å². The third-order valence-electron chi connectivity index (χ3n) is 4.38. The lowest BCUT2D eigenvalue weighted by molar-refractivity contribution is -0.118. The van der Waals surface area contributed by atoms with Gasteiger partial charge in [0.25, 0.3) is 5.91 Å². The van der Waals surface area contributed by atoms with Crippen LogP contribution in [-0.2, 0) is 17.9 Å². The second-order valence-electron chi connectivity index (χ2n) is 6.77. The van der Waals surface area contributed by atoms with E-state index in [-0.39, 0.29) is 12.5 Å². The number of ether oxygens (including phenoxy) is 2. The molecule has 3 aromatic rings. The molecule has 0 aliphatic heterocycles. The van der Waals surface area contributed by atoms with E-state index in [1.807, 2.05) is 55.5 Å². The second-order valence-corrected chi connectivity index (χ2v) is 7.63. The van der Waals surface area contributed by atoms with Crippen LogP contribution in [0.2, 0.25) is 0 Å². The Kier molecular flexibility index (Phi) is 7.82. The van der Waals surface area contributed by atoms with Crippen molar-refractivity contribution in [3.63, 3.8) is 0 Å². The minimum absolute atomic E-state index is 0.123. The van der Waals surface area contributed by atoms with Crippen molar-refractivity contribution in [1.82, 2.24) is 10.3 Å². The van der Waals surface area contributed by atoms with Crippen LogP contribution in [0.3, 0.4) is 0 Å². The van der Waals surface area contributed by atoms with Crippen LogP contribution in [0, 0.1) is 6.92 Å². The maximum atomic E-state index is 12.2. The van der Waals surface area contributed by atoms with Crippen LogP contribution in [0.4, 0.5) is 5.69 Å². The highest BCUT2D eigenvalue weighted by atomic mass is 79.9. The van der Waals surface area contributed by atoms with Gasteiger partial charge in [-0.1, -0.05) is 17.7 Å². The summed E-state index contributed by atoms with van der Waals surface area (Å²) < 4.78 is 11.9. The van der Waals surface area contributed by atoms with Crippen LogP contribution >= 0.6 is 15.9 Å². The van der Waals surface area contributed by atoms with Crippen molar-refractivity contribution in [1.29, 1.82) is 0 Å². The molecule has 0 saturated heterocycles. The molecule has 1 heterocycles. The Labute approximate surface area is 184 Å². The number of nitrogens with one attached hydrogen (secondary N) is 2. The Hall–Kier alpha value is -2.90. The van der Waals surface area contributed by atoms with Crippen molar-refractivity contribution in [3.8, 4) is 11.5 Å². The van der Waals surface area contributed by atoms with E-state index in [9.17, 15) is 4.79 Å². The number of benzene rings is 2. The van der Waals surface area contributed by atoms with Crippen LogP contribution in [0.5, 0.6) is 11.5 Å². The standard InChI is InChI=1S/C23H24BrN3O3/c1-16-3-5-19(6-4-16)27-22(28)15-30-23-20(24)11-18(12-21(23)29-2)14-26-13-17-7-9-25-10-8-17/h3-12,26H,13-15H2,1-2H3,(H,27,28). The molecule has 0 unspecified atom stereocenters. The van der Waals surface area contributed by atoms with E-state index in [1.54, 1.807) is 19.5 Å². The van der Waals surface area contributed by atoms with Crippen LogP contribution in [0.1, 0.15) is 16.7 Å². The molecule has 7 heteroatoms. The molecule has 0 aliphatic rings. The molecule has 156 valence electrons. The average Bonchev–Trinajstić information content (AvgIpc) is 2.75. The fourth-order valence-electron chi connectivity index (χ4n) is 2.84. The number of hydrogen-bond acceptors (Lipinski definition) is 5. The third-order valence-corrected chi connectivity index (χ3v) is 4.97. The molecule has 30 heavy (non-hydrogen) atoms. The highest BCUT2D eigenvalue weighted by Crippen LogP contribution is 2.36. The largest absolute Gasteiger partial charge is 0.493 e. The summed E-state index contributed by atoms with van der Waals surface area (Å²) in [4.78, 5) is 16.2. The molecule has 0 saturated carbocycles. The number of hydrogen-bond donors (Lipinski definition) is 2. The molecule has 3 rings (SSSR count). The number of aromatic nitrogens is 1. The van der Waals surface area contributed by atoms with Gasteiger partial charge < -0.3 is 20.1 Å². The van der Waals surface area contributed by atoms with Crippen molar-refractivity contribution < 1.29 is 14.3 Å². The molecule has 0 aliphatic carbocycles. The molecular weight excluding hydrogens is 446 g/mol. The lowest BCUT2D eigenvalue weighted by atomic mass is 10.2. The molecular formula is C23H24BrN3O3. The summed E-state index contributed by atoms with van der Waals surface area (Å²) in [5, 5.41) is 6.20. The van der Waals surface area contributed by atoms with Crippen molar-refractivity contribution in [2.24, 2.45) is 0 Å². The zero-order valence-electron chi connectivity index (χ0n) is 16.9. The number of rotatable bonds is 9. The molecule has 0 fully saturated rings. The van der Waals surface area contributed by atoms with E-state index in [4.69, 9.17) is 9.47 Å². The molecule has 0 bridgehead atoms. The molecule has 1 amide bonds. The van der Waals surface area contributed by atoms with Crippen LogP contribution in [0.25, 0.3) is 0 Å². The van der Waals surface area contributed by atoms with E-state index in [0.717, 1.165) is 33.4 Å². The summed E-state index contributed by atoms with van der Waals surface area (Å²) in [6.45, 7) is 3.27. The smallest absolute Gasteiger partial charge is 0.262 e. The number of carbonyl (C=O) groups is 1. The topological polar surface area (TPSA) is 72.5 Å². The highest BCUT2D eigenvalue weighted by Gasteiger charge is 2.14. The predicted molar refractivity (Wildman–Crippen MR) is 121 cm³/mol. The molecule has 1 aromatic heterocycles. The van der Waals surface area contributed by atoms with Gasteiger partial charge in [-0.25, -0.2) is 0 Å². The molecule has 0 atom stereocenters. The number of halogens is 1. The maximum Gasteiger partial charge on any atom is 0.262 e. The monoisotopic (exact) mass is 469 g/mol. The Morgan fingerprint density at radius 3 is 2.43 bits per heavy atom. The lowest BCUT2D eigenvalue weighted by Gasteiger charge is -2.15. The van der Waals surface area contributed by atoms with Crippen molar-refractivity contribution in [2.45, 2.75) is 20.0 Å². The van der Waals surface area contributed by atoms with Gasteiger partial charge in [0.15, 0.2) is 18.1 Å². The summed E-state index contributed by atoms with van der Waals surface area (Å²) >= 11 is 3.53. The first-order valence-corrected chi connectivity index (χ1v) is 10.3. The Bertz CT molecular complexity index is 979. The first-order chi connectivity index (χ1) is 14.5. The summed E-state index contributed by atoms with van der Waals surface area (Å²) in [5.74, 6) is 0.818. The fraction of sp³-hybridized carbons (Fsp3) is 0.217. The Balaban J connectivity index is 1.57. The average molecular weight is 470 g/mol. The van der Waals surface area contributed by atoms with Gasteiger partial charge in [0, 0.05) is 31.2 Å². The quantitative estimate of drug-likeness (QED) is 0.483. The molecule has 0 radical (unpaired) electrons. The van der Waals surface area contributed by atoms with Gasteiger partial charge in [-0.2, -0.15) is 0 Å². The molecule has 2 N–H and O–H groups in total. The number of anilines is 1. The van der Waals surface area contributed by atoms with Crippen molar-refractivity contribution in [2.75, 3.05) is 19.0 Å². The van der Waals surface area contributed by atoms with Crippen LogP contribution < -0.4 is 20.1 Å². The number of aryl methyl sites for hydroxylation is 1. The van der Waals surface area contributed by atoms with Crippen LogP contribution in [0.15, 0.2) is 65.4 Å². The van der Waals surface area contributed by atoms with E-state index in [2.05, 4.69) is 31.5 Å². The van der Waals surface area contributed by atoms with Crippen molar-refractivity contribution >= 4 is 27.5 Å². The second kappa shape index (κ2) is 10.8. The van der Waals surface area contributed by atoms with E-state index >= 15 is 0 Å². The first-order valence-electron chi connectivity index (χ1n) is 9.50. The zero-order valence-corrected chi connectivity index (χ0v) is 18.5. The van der Waals surface area contributed by atoms with E-state index in [0.29, 0.717) is 18.0 Å². The highest BCUT2D eigenvalue weighted by molar-refractivity contribution is 9.10. The number of methoxy groups -OCH3 is 1. The minimum atomic E-state index is -0.240. The van der Waals surface area contributed by atoms with E-state index < -0.39 is 0 Å². The van der Waals surface area contributed by atoms with Gasteiger partial charge in [-0.3, -0.25) is 9.78 Å². The fourth-order valence-corrected chi connectivity index (χ4v) is 3.44. The summed E-state index contributed by atoms with van der Waals surface area (Å²) in [6.07, 6.45) is 3.55. The van der Waals surface area contributed by atoms with Gasteiger partial charge in [-0.15, -0.1) is 0 Å². The Morgan fingerprint density at radius 1 is 1.03 bits per heavy atom. The maximum absolute atomic E-state index is 12.2. The van der Waals surface area contributed by atoms with Gasteiger partial charge in [0.05, 0.1) is 11.6 Å². The van der Waals surface area contributed by atoms with E-state index in [1.165, 1.54) is 0 Å². The normalized spacial score (nSPS) is 10.5. The lowest BCUT2D eigenvalue weighted by Crippen LogP contribution is -2.20. The van der Waals surface area contributed by atoms with Gasteiger partial charge in [0.2, 0.25) is 0 Å². The number of nitrogens with zero attached hydrogens (tertiary/aromatic N) is 1. The molecule has 6 nitrogen and oxygen atoms in total. The SMILES string of the molecule is COc1cc(CNCc2ccncc2)cc(Br)c1OCC(=O)Nc1ccc(C)cc1. The van der Waals surface area contributed by atoms with Crippen molar-refractivity contribution in [3.05, 3.63) is 82.1 Å². The van der Waals surface area contributed by atoms with Gasteiger partial charge in [-0.05, 0) is 70.4 Å². The number of pyridine rings is 1. The van der Waals surface area contributed by atoms with Gasteiger partial charge >= 0.3 is 0 Å². The number of carbonyl (C=O) groups excluding carboxylic acids is 1. The molecule has 2 aromatic carbocycles. The summed E-state index contributed by atoms with van der Waals surface area (Å²) in [7, 11) is 1.58. The third kappa shape index (κ3) is 6.30. The zero-order chi connectivity index (χ0) is 21.3. The molecule has 0 spiro atoms.